The molecule has 0 spiro atoms. The molecule has 1 saturated heterocycles. The van der Waals surface area contributed by atoms with Crippen LogP contribution in [0.5, 0.6) is 5.75 Å². The van der Waals surface area contributed by atoms with Crippen molar-refractivity contribution < 1.29 is 13.9 Å². The molecule has 4 nitrogen and oxygen atoms in total. The number of carbonyl (C=O) groups excluding carboxylic acids is 1. The molecule has 1 fully saturated rings. The fourth-order valence-corrected chi connectivity index (χ4v) is 4.26. The zero-order valence-electron chi connectivity index (χ0n) is 18.0. The lowest BCUT2D eigenvalue weighted by molar-refractivity contribution is 0.0711. The van der Waals surface area contributed by atoms with E-state index in [-0.39, 0.29) is 11.7 Å². The number of halogens is 1. The summed E-state index contributed by atoms with van der Waals surface area (Å²) in [6, 6.07) is 18.3. The van der Waals surface area contributed by atoms with Gasteiger partial charge in [0.2, 0.25) is 0 Å². The molecule has 31 heavy (non-hydrogen) atoms. The smallest absolute Gasteiger partial charge is 0.253 e. The highest BCUT2D eigenvalue weighted by Crippen LogP contribution is 2.29. The topological polar surface area (TPSA) is 42.4 Å². The minimum atomic E-state index is -0.178. The Kier molecular flexibility index (Phi) is 6.31. The number of nitrogens with zero attached hydrogens (tertiary/aromatic N) is 2. The Morgan fingerprint density at radius 3 is 2.61 bits per heavy atom. The van der Waals surface area contributed by atoms with Gasteiger partial charge in [-0.2, -0.15) is 0 Å². The molecular formula is C26H27FN2O2. The van der Waals surface area contributed by atoms with E-state index in [9.17, 15) is 9.18 Å². The van der Waals surface area contributed by atoms with Crippen molar-refractivity contribution in [3.05, 3.63) is 94.6 Å². The first-order valence-electron chi connectivity index (χ1n) is 10.7. The van der Waals surface area contributed by atoms with Crippen LogP contribution in [0.15, 0.2) is 60.7 Å². The zero-order chi connectivity index (χ0) is 21.8. The van der Waals surface area contributed by atoms with Gasteiger partial charge in [0, 0.05) is 42.4 Å². The molecule has 1 aliphatic heterocycles. The lowest BCUT2D eigenvalue weighted by atomic mass is 9.91. The molecule has 4 rings (SSSR count). The first-order valence-corrected chi connectivity index (χ1v) is 10.7. The highest BCUT2D eigenvalue weighted by atomic mass is 19.1. The second-order valence-corrected chi connectivity index (χ2v) is 8.11. The Balaban J connectivity index is 1.44. The van der Waals surface area contributed by atoms with Crippen molar-refractivity contribution in [2.75, 3.05) is 20.2 Å². The summed E-state index contributed by atoms with van der Waals surface area (Å²) in [6.45, 7) is 3.37. The number of ether oxygens (including phenoxy) is 1. The van der Waals surface area contributed by atoms with Crippen molar-refractivity contribution in [1.82, 2.24) is 9.88 Å². The number of hydrogen-bond acceptors (Lipinski definition) is 3. The van der Waals surface area contributed by atoms with E-state index in [1.54, 1.807) is 19.2 Å². The van der Waals surface area contributed by atoms with Crippen molar-refractivity contribution in [2.24, 2.45) is 0 Å². The first-order chi connectivity index (χ1) is 15.0. The van der Waals surface area contributed by atoms with Crippen molar-refractivity contribution in [1.29, 1.82) is 0 Å². The molecule has 0 atom stereocenters. The van der Waals surface area contributed by atoms with Crippen LogP contribution in [-0.2, 0) is 6.42 Å². The third kappa shape index (κ3) is 4.93. The van der Waals surface area contributed by atoms with Crippen molar-refractivity contribution >= 4 is 5.91 Å². The van der Waals surface area contributed by atoms with Gasteiger partial charge in [0.1, 0.15) is 11.6 Å². The Morgan fingerprint density at radius 1 is 1.10 bits per heavy atom. The second kappa shape index (κ2) is 9.29. The van der Waals surface area contributed by atoms with E-state index in [4.69, 9.17) is 9.72 Å². The van der Waals surface area contributed by atoms with Gasteiger partial charge in [0.25, 0.3) is 5.91 Å². The molecule has 3 aromatic rings. The number of methoxy groups -OCH3 is 1. The predicted octanol–water partition coefficient (Wildman–Crippen LogP) is 5.15. The van der Waals surface area contributed by atoms with Crippen LogP contribution in [0.3, 0.4) is 0 Å². The number of amides is 1. The largest absolute Gasteiger partial charge is 0.497 e. The fourth-order valence-electron chi connectivity index (χ4n) is 4.26. The van der Waals surface area contributed by atoms with Gasteiger partial charge >= 0.3 is 0 Å². The third-order valence-electron chi connectivity index (χ3n) is 5.90. The fraction of sp³-hybridized carbons (Fsp3) is 0.308. The van der Waals surface area contributed by atoms with Crippen LogP contribution >= 0.6 is 0 Å². The number of hydrogen-bond donors (Lipinski definition) is 0. The molecule has 0 saturated carbocycles. The standard InChI is InChI=1S/C26H27FN2O2/c1-18-14-19(15-21-6-3-4-9-24(21)27)16-25(28-18)20-10-12-29(13-11-20)26(30)22-7-5-8-23(17-22)31-2/h3-9,14,16-17,20H,10-13,15H2,1-2H3. The predicted molar refractivity (Wildman–Crippen MR) is 119 cm³/mol. The average molecular weight is 419 g/mol. The molecule has 1 aliphatic rings. The highest BCUT2D eigenvalue weighted by Gasteiger charge is 2.26. The molecular weight excluding hydrogens is 391 g/mol. The molecule has 160 valence electrons. The first kappa shape index (κ1) is 21.0. The number of aromatic nitrogens is 1. The second-order valence-electron chi connectivity index (χ2n) is 8.11. The molecule has 0 bridgehead atoms. The number of likely N-dealkylation sites (tertiary alicyclic amines) is 1. The molecule has 0 aliphatic carbocycles. The summed E-state index contributed by atoms with van der Waals surface area (Å²) in [4.78, 5) is 19.5. The zero-order valence-corrected chi connectivity index (χ0v) is 18.0. The maximum absolute atomic E-state index is 14.1. The number of aryl methyl sites for hydroxylation is 1. The number of carbonyl (C=O) groups is 1. The maximum Gasteiger partial charge on any atom is 0.253 e. The van der Waals surface area contributed by atoms with Crippen molar-refractivity contribution in [3.8, 4) is 5.75 Å². The lowest BCUT2D eigenvalue weighted by Gasteiger charge is -2.32. The van der Waals surface area contributed by atoms with Crippen LogP contribution < -0.4 is 4.74 Å². The SMILES string of the molecule is COc1cccc(C(=O)N2CCC(c3cc(Cc4ccccc4F)cc(C)n3)CC2)c1. The number of pyridine rings is 1. The van der Waals surface area contributed by atoms with Gasteiger partial charge in [-0.3, -0.25) is 9.78 Å². The highest BCUT2D eigenvalue weighted by molar-refractivity contribution is 5.94. The number of rotatable bonds is 5. The van der Waals surface area contributed by atoms with E-state index >= 15 is 0 Å². The van der Waals surface area contributed by atoms with Gasteiger partial charge < -0.3 is 9.64 Å². The van der Waals surface area contributed by atoms with Crippen LogP contribution in [0.1, 0.15) is 51.6 Å². The molecule has 0 unspecified atom stereocenters. The van der Waals surface area contributed by atoms with Gasteiger partial charge in [-0.05, 0) is 67.3 Å². The Labute approximate surface area is 182 Å². The minimum Gasteiger partial charge on any atom is -0.497 e. The van der Waals surface area contributed by atoms with Gasteiger partial charge in [-0.15, -0.1) is 0 Å². The van der Waals surface area contributed by atoms with Crippen LogP contribution in [0.2, 0.25) is 0 Å². The number of benzene rings is 2. The number of piperidine rings is 1. The van der Waals surface area contributed by atoms with Gasteiger partial charge in [0.15, 0.2) is 0 Å². The summed E-state index contributed by atoms with van der Waals surface area (Å²) < 4.78 is 19.3. The van der Waals surface area contributed by atoms with Crippen LogP contribution in [0.4, 0.5) is 4.39 Å². The summed E-state index contributed by atoms with van der Waals surface area (Å²) in [6.07, 6.45) is 2.28. The van der Waals surface area contributed by atoms with Crippen molar-refractivity contribution in [3.63, 3.8) is 0 Å². The summed E-state index contributed by atoms with van der Waals surface area (Å²) in [5.74, 6) is 0.846. The van der Waals surface area contributed by atoms with Gasteiger partial charge in [-0.1, -0.05) is 24.3 Å². The minimum absolute atomic E-state index is 0.0368. The summed E-state index contributed by atoms with van der Waals surface area (Å²) in [7, 11) is 1.60. The molecule has 2 heterocycles. The Bertz CT molecular complexity index is 1070. The van der Waals surface area contributed by atoms with E-state index in [1.165, 1.54) is 6.07 Å². The molecule has 1 amide bonds. The quantitative estimate of drug-likeness (QED) is 0.576. The van der Waals surface area contributed by atoms with Gasteiger partial charge in [0.05, 0.1) is 7.11 Å². The average Bonchev–Trinajstić information content (AvgIpc) is 2.80. The molecule has 2 aromatic carbocycles. The molecule has 0 radical (unpaired) electrons. The van der Waals surface area contributed by atoms with Crippen LogP contribution in [0, 0.1) is 12.7 Å². The van der Waals surface area contributed by atoms with E-state index in [1.807, 2.05) is 48.2 Å². The van der Waals surface area contributed by atoms with Gasteiger partial charge in [-0.25, -0.2) is 4.39 Å². The van der Waals surface area contributed by atoms with E-state index < -0.39 is 0 Å². The lowest BCUT2D eigenvalue weighted by Crippen LogP contribution is -2.38. The van der Waals surface area contributed by atoms with Crippen LogP contribution in [0.25, 0.3) is 0 Å². The maximum atomic E-state index is 14.1. The van der Waals surface area contributed by atoms with Crippen molar-refractivity contribution in [2.45, 2.75) is 32.1 Å². The third-order valence-corrected chi connectivity index (χ3v) is 5.90. The normalized spacial score (nSPS) is 14.5. The summed E-state index contributed by atoms with van der Waals surface area (Å²) in [5.41, 5.74) is 4.40. The summed E-state index contributed by atoms with van der Waals surface area (Å²) in [5, 5.41) is 0. The van der Waals surface area contributed by atoms with E-state index in [2.05, 4.69) is 6.07 Å². The van der Waals surface area contributed by atoms with E-state index in [0.717, 1.165) is 29.8 Å². The van der Waals surface area contributed by atoms with Crippen LogP contribution in [-0.4, -0.2) is 36.0 Å². The van der Waals surface area contributed by atoms with E-state index in [0.29, 0.717) is 42.3 Å². The summed E-state index contributed by atoms with van der Waals surface area (Å²) >= 11 is 0. The Morgan fingerprint density at radius 2 is 1.87 bits per heavy atom. The molecule has 0 N–H and O–H groups in total. The Hall–Kier alpha value is -3.21. The molecule has 1 aromatic heterocycles. The molecule has 5 heteroatoms. The monoisotopic (exact) mass is 418 g/mol.